The van der Waals surface area contributed by atoms with E-state index in [9.17, 15) is 9.59 Å². The molecule has 0 spiro atoms. The van der Waals surface area contributed by atoms with E-state index in [1.807, 2.05) is 0 Å². The molecule has 0 radical (unpaired) electrons. The van der Waals surface area contributed by atoms with Crippen LogP contribution in [0, 0.1) is 11.8 Å². The van der Waals surface area contributed by atoms with Gasteiger partial charge < -0.3 is 9.47 Å². The van der Waals surface area contributed by atoms with Crippen LogP contribution >= 0.6 is 0 Å². The van der Waals surface area contributed by atoms with Crippen LogP contribution in [-0.2, 0) is 9.47 Å². The van der Waals surface area contributed by atoms with Gasteiger partial charge in [-0.05, 0) is 55.4 Å². The Morgan fingerprint density at radius 2 is 1.44 bits per heavy atom. The zero-order valence-corrected chi connectivity index (χ0v) is 17.5. The maximum absolute atomic E-state index is 12.2. The van der Waals surface area contributed by atoms with Crippen molar-refractivity contribution < 1.29 is 19.1 Å². The van der Waals surface area contributed by atoms with Crippen LogP contribution in [0.15, 0.2) is 24.3 Å². The summed E-state index contributed by atoms with van der Waals surface area (Å²) in [6, 6.07) is 6.51. The Morgan fingerprint density at radius 1 is 0.852 bits per heavy atom. The zero-order chi connectivity index (χ0) is 20.1. The van der Waals surface area contributed by atoms with Gasteiger partial charge in [-0.1, -0.05) is 53.4 Å². The summed E-state index contributed by atoms with van der Waals surface area (Å²) in [5, 5.41) is 0. The molecule has 4 nitrogen and oxygen atoms in total. The highest BCUT2D eigenvalue weighted by atomic mass is 16.5. The lowest BCUT2D eigenvalue weighted by atomic mass is 10.0. The Balaban J connectivity index is 2.41. The second-order valence-electron chi connectivity index (χ2n) is 7.62. The van der Waals surface area contributed by atoms with Crippen LogP contribution < -0.4 is 0 Å². The normalized spacial score (nSPS) is 12.0. The number of ether oxygens (including phenoxy) is 2. The standard InChI is InChI=1S/C23H36O4/c1-5-7-11-19(6-2)17-27-23(25)21-14-12-20(13-15-21)22(24)26-16-9-8-10-18(3)4/h12-15,18-19H,5-11,16-17H2,1-4H3. The average molecular weight is 377 g/mol. The van der Waals surface area contributed by atoms with E-state index < -0.39 is 0 Å². The van der Waals surface area contributed by atoms with Crippen molar-refractivity contribution in [3.05, 3.63) is 35.4 Å². The van der Waals surface area contributed by atoms with Gasteiger partial charge in [-0.25, -0.2) is 9.59 Å². The second kappa shape index (κ2) is 13.3. The van der Waals surface area contributed by atoms with Crippen molar-refractivity contribution >= 4 is 11.9 Å². The molecule has 0 aliphatic carbocycles. The molecule has 1 atom stereocenters. The molecule has 0 aliphatic heterocycles. The number of rotatable bonds is 13. The van der Waals surface area contributed by atoms with Crippen molar-refractivity contribution in [2.75, 3.05) is 13.2 Å². The summed E-state index contributed by atoms with van der Waals surface area (Å²) < 4.78 is 10.7. The smallest absolute Gasteiger partial charge is 0.338 e. The third-order valence-corrected chi connectivity index (χ3v) is 4.76. The van der Waals surface area contributed by atoms with Gasteiger partial charge in [0.05, 0.1) is 24.3 Å². The monoisotopic (exact) mass is 376 g/mol. The Labute approximate surface area is 164 Å². The predicted molar refractivity (Wildman–Crippen MR) is 109 cm³/mol. The van der Waals surface area contributed by atoms with Gasteiger partial charge in [-0.3, -0.25) is 0 Å². The van der Waals surface area contributed by atoms with Crippen LogP contribution in [-0.4, -0.2) is 25.2 Å². The maximum Gasteiger partial charge on any atom is 0.338 e. The number of esters is 2. The summed E-state index contributed by atoms with van der Waals surface area (Å²) in [5.74, 6) is 0.412. The predicted octanol–water partition coefficient (Wildman–Crippen LogP) is 6.04. The summed E-state index contributed by atoms with van der Waals surface area (Å²) >= 11 is 0. The van der Waals surface area contributed by atoms with Crippen molar-refractivity contribution in [2.45, 2.75) is 72.6 Å². The van der Waals surface area contributed by atoms with Gasteiger partial charge in [0, 0.05) is 0 Å². The molecular weight excluding hydrogens is 340 g/mol. The van der Waals surface area contributed by atoms with Crippen LogP contribution in [0.4, 0.5) is 0 Å². The molecule has 1 aromatic carbocycles. The molecule has 0 amide bonds. The Bertz CT molecular complexity index is 548. The number of carbonyl (C=O) groups excluding carboxylic acids is 2. The lowest BCUT2D eigenvalue weighted by Gasteiger charge is -2.14. The summed E-state index contributed by atoms with van der Waals surface area (Å²) in [4.78, 5) is 24.2. The second-order valence-corrected chi connectivity index (χ2v) is 7.62. The minimum atomic E-state index is -0.343. The third kappa shape index (κ3) is 9.60. The van der Waals surface area contributed by atoms with E-state index in [1.165, 1.54) is 0 Å². The van der Waals surface area contributed by atoms with Crippen LogP contribution in [0.1, 0.15) is 93.4 Å². The highest BCUT2D eigenvalue weighted by Gasteiger charge is 2.13. The lowest BCUT2D eigenvalue weighted by molar-refractivity contribution is 0.0425. The molecule has 1 aromatic rings. The van der Waals surface area contributed by atoms with Crippen molar-refractivity contribution in [3.8, 4) is 0 Å². The number of hydrogen-bond donors (Lipinski definition) is 0. The third-order valence-electron chi connectivity index (χ3n) is 4.76. The first-order valence-electron chi connectivity index (χ1n) is 10.4. The first-order valence-corrected chi connectivity index (χ1v) is 10.4. The highest BCUT2D eigenvalue weighted by Crippen LogP contribution is 2.15. The summed E-state index contributed by atoms with van der Waals surface area (Å²) in [7, 11) is 0. The molecule has 0 saturated heterocycles. The molecule has 0 heterocycles. The summed E-state index contributed by atoms with van der Waals surface area (Å²) in [6.07, 6.45) is 7.49. The Kier molecular flexibility index (Phi) is 11.5. The zero-order valence-electron chi connectivity index (χ0n) is 17.5. The van der Waals surface area contributed by atoms with Gasteiger partial charge in [0.15, 0.2) is 0 Å². The van der Waals surface area contributed by atoms with Gasteiger partial charge in [-0.15, -0.1) is 0 Å². The lowest BCUT2D eigenvalue weighted by Crippen LogP contribution is -2.14. The number of benzene rings is 1. The quantitative estimate of drug-likeness (QED) is 0.311. The topological polar surface area (TPSA) is 52.6 Å². The van der Waals surface area contributed by atoms with Crippen LogP contribution in [0.2, 0.25) is 0 Å². The SMILES string of the molecule is CCCCC(CC)COC(=O)c1ccc(C(=O)OCCCCC(C)C)cc1. The molecular formula is C23H36O4. The van der Waals surface area contributed by atoms with Gasteiger partial charge in [-0.2, -0.15) is 0 Å². The first-order chi connectivity index (χ1) is 13.0. The van der Waals surface area contributed by atoms with Gasteiger partial charge >= 0.3 is 11.9 Å². The van der Waals surface area contributed by atoms with Crippen molar-refractivity contribution in [2.24, 2.45) is 11.8 Å². The van der Waals surface area contributed by atoms with E-state index in [1.54, 1.807) is 24.3 Å². The molecule has 0 bridgehead atoms. The molecule has 0 aliphatic rings. The van der Waals surface area contributed by atoms with Gasteiger partial charge in [0.25, 0.3) is 0 Å². The Morgan fingerprint density at radius 3 is 1.96 bits per heavy atom. The van der Waals surface area contributed by atoms with Crippen LogP contribution in [0.25, 0.3) is 0 Å². The largest absolute Gasteiger partial charge is 0.462 e. The number of hydrogen-bond acceptors (Lipinski definition) is 4. The molecule has 0 aromatic heterocycles. The van der Waals surface area contributed by atoms with Crippen molar-refractivity contribution in [3.63, 3.8) is 0 Å². The number of unbranched alkanes of at least 4 members (excludes halogenated alkanes) is 2. The average Bonchev–Trinajstić information content (AvgIpc) is 2.67. The molecule has 1 unspecified atom stereocenters. The van der Waals surface area contributed by atoms with E-state index >= 15 is 0 Å². The fourth-order valence-corrected chi connectivity index (χ4v) is 2.82. The van der Waals surface area contributed by atoms with E-state index in [-0.39, 0.29) is 11.9 Å². The fraction of sp³-hybridized carbons (Fsp3) is 0.652. The molecule has 0 fully saturated rings. The summed E-state index contributed by atoms with van der Waals surface area (Å²) in [5.41, 5.74) is 0.929. The van der Waals surface area contributed by atoms with E-state index in [2.05, 4.69) is 27.7 Å². The number of carbonyl (C=O) groups is 2. The van der Waals surface area contributed by atoms with E-state index in [0.29, 0.717) is 36.2 Å². The molecule has 4 heteroatoms. The van der Waals surface area contributed by atoms with Gasteiger partial charge in [0.2, 0.25) is 0 Å². The van der Waals surface area contributed by atoms with Crippen molar-refractivity contribution in [1.29, 1.82) is 0 Å². The van der Waals surface area contributed by atoms with Gasteiger partial charge in [0.1, 0.15) is 0 Å². The van der Waals surface area contributed by atoms with E-state index in [4.69, 9.17) is 9.47 Å². The van der Waals surface area contributed by atoms with Crippen molar-refractivity contribution in [1.82, 2.24) is 0 Å². The minimum Gasteiger partial charge on any atom is -0.462 e. The Hall–Kier alpha value is -1.84. The molecule has 27 heavy (non-hydrogen) atoms. The summed E-state index contributed by atoms with van der Waals surface area (Å²) in [6.45, 7) is 9.55. The first kappa shape index (κ1) is 23.2. The van der Waals surface area contributed by atoms with E-state index in [0.717, 1.165) is 44.9 Å². The maximum atomic E-state index is 12.2. The fourth-order valence-electron chi connectivity index (χ4n) is 2.82. The molecule has 1 rings (SSSR count). The molecule has 0 N–H and O–H groups in total. The van der Waals surface area contributed by atoms with Crippen LogP contribution in [0.3, 0.4) is 0 Å². The molecule has 152 valence electrons. The van der Waals surface area contributed by atoms with Crippen LogP contribution in [0.5, 0.6) is 0 Å². The molecule has 0 saturated carbocycles. The minimum absolute atomic E-state index is 0.335. The highest BCUT2D eigenvalue weighted by molar-refractivity contribution is 5.93.